The molecule has 1 rings (SSSR count). The molecule has 0 bridgehead atoms. The first-order valence-corrected chi connectivity index (χ1v) is 8.96. The number of benzene rings is 1. The van der Waals surface area contributed by atoms with Crippen LogP contribution in [0.2, 0.25) is 5.02 Å². The number of nitrogens with zero attached hydrogens (tertiary/aromatic N) is 1. The van der Waals surface area contributed by atoms with E-state index < -0.39 is 10.0 Å². The average molecular weight is 349 g/mol. The van der Waals surface area contributed by atoms with Crippen LogP contribution in [-0.2, 0) is 19.6 Å². The first-order chi connectivity index (χ1) is 10.2. The minimum Gasteiger partial charge on any atom is -0.383 e. The SMILES string of the molecule is COCCN(CCC(=O)Nc1ccc(C)c(Cl)c1)S(C)(=O)=O. The molecule has 1 aromatic carbocycles. The van der Waals surface area contributed by atoms with Crippen LogP contribution in [0, 0.1) is 6.92 Å². The fourth-order valence-electron chi connectivity index (χ4n) is 1.76. The molecule has 8 heteroatoms. The Bertz CT molecular complexity index is 619. The van der Waals surface area contributed by atoms with E-state index in [0.29, 0.717) is 10.7 Å². The van der Waals surface area contributed by atoms with Crippen LogP contribution >= 0.6 is 11.6 Å². The van der Waals surface area contributed by atoms with E-state index in [1.807, 2.05) is 6.92 Å². The van der Waals surface area contributed by atoms with Crippen molar-refractivity contribution in [1.29, 1.82) is 0 Å². The summed E-state index contributed by atoms with van der Waals surface area (Å²) in [6.07, 6.45) is 1.17. The van der Waals surface area contributed by atoms with Crippen molar-refractivity contribution in [2.24, 2.45) is 0 Å². The van der Waals surface area contributed by atoms with Crippen LogP contribution in [0.5, 0.6) is 0 Å². The normalized spacial score (nSPS) is 11.7. The Kier molecular flexibility index (Phi) is 7.28. The maximum atomic E-state index is 11.9. The maximum Gasteiger partial charge on any atom is 0.225 e. The molecule has 0 radical (unpaired) electrons. The Morgan fingerprint density at radius 3 is 2.59 bits per heavy atom. The first-order valence-electron chi connectivity index (χ1n) is 6.74. The van der Waals surface area contributed by atoms with Crippen molar-refractivity contribution in [2.45, 2.75) is 13.3 Å². The van der Waals surface area contributed by atoms with Gasteiger partial charge >= 0.3 is 0 Å². The van der Waals surface area contributed by atoms with Crippen LogP contribution in [-0.4, -0.2) is 51.7 Å². The van der Waals surface area contributed by atoms with Crippen molar-refractivity contribution in [3.63, 3.8) is 0 Å². The number of amides is 1. The Balaban J connectivity index is 2.58. The summed E-state index contributed by atoms with van der Waals surface area (Å²) in [7, 11) is -1.87. The largest absolute Gasteiger partial charge is 0.383 e. The Hall–Kier alpha value is -1.15. The second-order valence-electron chi connectivity index (χ2n) is 4.92. The molecule has 1 aromatic rings. The predicted octanol–water partition coefficient (Wildman–Crippen LogP) is 1.89. The standard InChI is InChI=1S/C14H21ClN2O4S/c1-11-4-5-12(10-13(11)15)16-14(18)6-7-17(8-9-21-2)22(3,19)20/h4-5,10H,6-9H2,1-3H3,(H,16,18). The molecule has 0 atom stereocenters. The van der Waals surface area contributed by atoms with Gasteiger partial charge in [-0.1, -0.05) is 17.7 Å². The third-order valence-corrected chi connectivity index (χ3v) is 4.77. The molecule has 1 N–H and O–H groups in total. The number of hydrogen-bond acceptors (Lipinski definition) is 4. The molecular weight excluding hydrogens is 328 g/mol. The maximum absolute atomic E-state index is 11.9. The number of ether oxygens (including phenoxy) is 1. The zero-order chi connectivity index (χ0) is 16.8. The Labute approximate surface area is 136 Å². The lowest BCUT2D eigenvalue weighted by molar-refractivity contribution is -0.116. The lowest BCUT2D eigenvalue weighted by Crippen LogP contribution is -2.35. The van der Waals surface area contributed by atoms with Crippen LogP contribution in [0.3, 0.4) is 0 Å². The molecule has 0 spiro atoms. The van der Waals surface area contributed by atoms with Gasteiger partial charge in [0.2, 0.25) is 15.9 Å². The zero-order valence-electron chi connectivity index (χ0n) is 12.9. The van der Waals surface area contributed by atoms with Gasteiger partial charge in [-0.25, -0.2) is 8.42 Å². The van der Waals surface area contributed by atoms with E-state index in [1.54, 1.807) is 18.2 Å². The summed E-state index contributed by atoms with van der Waals surface area (Å²) in [5, 5.41) is 3.26. The lowest BCUT2D eigenvalue weighted by Gasteiger charge is -2.19. The van der Waals surface area contributed by atoms with Gasteiger partial charge in [-0.05, 0) is 24.6 Å². The van der Waals surface area contributed by atoms with Crippen LogP contribution in [0.4, 0.5) is 5.69 Å². The highest BCUT2D eigenvalue weighted by molar-refractivity contribution is 7.88. The number of methoxy groups -OCH3 is 1. The fourth-order valence-corrected chi connectivity index (χ4v) is 2.77. The van der Waals surface area contributed by atoms with Crippen molar-refractivity contribution in [3.05, 3.63) is 28.8 Å². The summed E-state index contributed by atoms with van der Waals surface area (Å²) in [4.78, 5) is 11.9. The monoisotopic (exact) mass is 348 g/mol. The highest BCUT2D eigenvalue weighted by Gasteiger charge is 2.17. The van der Waals surface area contributed by atoms with Gasteiger partial charge in [0, 0.05) is 37.3 Å². The molecule has 124 valence electrons. The summed E-state index contributed by atoms with van der Waals surface area (Å²) >= 11 is 5.99. The van der Waals surface area contributed by atoms with E-state index in [-0.39, 0.29) is 32.0 Å². The molecule has 0 aromatic heterocycles. The molecule has 6 nitrogen and oxygen atoms in total. The van der Waals surface area contributed by atoms with Gasteiger partial charge < -0.3 is 10.1 Å². The molecule has 0 heterocycles. The molecule has 0 aliphatic carbocycles. The van der Waals surface area contributed by atoms with Crippen LogP contribution in [0.1, 0.15) is 12.0 Å². The van der Waals surface area contributed by atoms with Gasteiger partial charge in [0.15, 0.2) is 0 Å². The van der Waals surface area contributed by atoms with E-state index in [4.69, 9.17) is 16.3 Å². The molecule has 0 unspecified atom stereocenters. The molecule has 0 aliphatic rings. The number of carbonyl (C=O) groups excluding carboxylic acids is 1. The molecule has 0 saturated carbocycles. The number of anilines is 1. The highest BCUT2D eigenvalue weighted by atomic mass is 35.5. The lowest BCUT2D eigenvalue weighted by atomic mass is 10.2. The average Bonchev–Trinajstić information content (AvgIpc) is 2.41. The molecule has 0 aliphatic heterocycles. The fraction of sp³-hybridized carbons (Fsp3) is 0.500. The van der Waals surface area contributed by atoms with Crippen molar-refractivity contribution in [1.82, 2.24) is 4.31 Å². The summed E-state index contributed by atoms with van der Waals surface area (Å²) in [6, 6.07) is 5.21. The topological polar surface area (TPSA) is 75.7 Å². The number of rotatable bonds is 8. The van der Waals surface area contributed by atoms with Crippen molar-refractivity contribution < 1.29 is 17.9 Å². The second kappa shape index (κ2) is 8.47. The third kappa shape index (κ3) is 6.31. The predicted molar refractivity (Wildman–Crippen MR) is 87.7 cm³/mol. The number of carbonyl (C=O) groups is 1. The number of halogens is 1. The van der Waals surface area contributed by atoms with Crippen molar-refractivity contribution >= 4 is 33.2 Å². The molecule has 0 saturated heterocycles. The highest BCUT2D eigenvalue weighted by Crippen LogP contribution is 2.20. The minimum absolute atomic E-state index is 0.0578. The van der Waals surface area contributed by atoms with E-state index in [1.165, 1.54) is 11.4 Å². The second-order valence-corrected chi connectivity index (χ2v) is 7.31. The van der Waals surface area contributed by atoms with Gasteiger partial charge in [-0.3, -0.25) is 4.79 Å². The third-order valence-electron chi connectivity index (χ3n) is 3.06. The van der Waals surface area contributed by atoms with Crippen molar-refractivity contribution in [2.75, 3.05) is 38.4 Å². The van der Waals surface area contributed by atoms with Gasteiger partial charge in [-0.2, -0.15) is 4.31 Å². The summed E-state index contributed by atoms with van der Waals surface area (Å²) in [5.74, 6) is -0.272. The van der Waals surface area contributed by atoms with Crippen molar-refractivity contribution in [3.8, 4) is 0 Å². The summed E-state index contributed by atoms with van der Waals surface area (Å²) in [6.45, 7) is 2.47. The van der Waals surface area contributed by atoms with Gasteiger partial charge in [0.1, 0.15) is 0 Å². The molecule has 0 fully saturated rings. The van der Waals surface area contributed by atoms with Gasteiger partial charge in [-0.15, -0.1) is 0 Å². The van der Waals surface area contributed by atoms with Crippen LogP contribution in [0.25, 0.3) is 0 Å². The smallest absolute Gasteiger partial charge is 0.225 e. The number of aryl methyl sites for hydroxylation is 1. The quantitative estimate of drug-likeness (QED) is 0.778. The molecular formula is C14H21ClN2O4S. The van der Waals surface area contributed by atoms with Crippen LogP contribution in [0.15, 0.2) is 18.2 Å². The molecule has 22 heavy (non-hydrogen) atoms. The first kappa shape index (κ1) is 18.9. The summed E-state index contributed by atoms with van der Waals surface area (Å²) in [5.41, 5.74) is 1.51. The van der Waals surface area contributed by atoms with E-state index in [2.05, 4.69) is 5.32 Å². The number of sulfonamides is 1. The van der Waals surface area contributed by atoms with E-state index in [0.717, 1.165) is 11.8 Å². The summed E-state index contributed by atoms with van der Waals surface area (Å²) < 4.78 is 29.3. The zero-order valence-corrected chi connectivity index (χ0v) is 14.5. The van der Waals surface area contributed by atoms with E-state index in [9.17, 15) is 13.2 Å². The van der Waals surface area contributed by atoms with Gasteiger partial charge in [0.05, 0.1) is 12.9 Å². The Morgan fingerprint density at radius 1 is 1.36 bits per heavy atom. The Morgan fingerprint density at radius 2 is 2.05 bits per heavy atom. The number of hydrogen-bond donors (Lipinski definition) is 1. The van der Waals surface area contributed by atoms with E-state index >= 15 is 0 Å². The number of nitrogens with one attached hydrogen (secondary N) is 1. The molecule has 1 amide bonds. The van der Waals surface area contributed by atoms with Gasteiger partial charge in [0.25, 0.3) is 0 Å². The van der Waals surface area contributed by atoms with Crippen LogP contribution < -0.4 is 5.32 Å². The minimum atomic E-state index is -3.37.